The molecule has 1 saturated heterocycles. The minimum Gasteiger partial charge on any atom is -0.394 e. The first-order valence-corrected chi connectivity index (χ1v) is 5.70. The highest BCUT2D eigenvalue weighted by atomic mass is 16.5. The van der Waals surface area contributed by atoms with Crippen molar-refractivity contribution in [3.05, 3.63) is 34.5 Å². The molecule has 1 aliphatic rings. The molecule has 0 spiro atoms. The van der Waals surface area contributed by atoms with Gasteiger partial charge < -0.3 is 19.9 Å². The zero-order chi connectivity index (χ0) is 12.7. The Kier molecular flexibility index (Phi) is 2.66. The summed E-state index contributed by atoms with van der Waals surface area (Å²) in [6.07, 6.45) is 0.0132. The van der Waals surface area contributed by atoms with Gasteiger partial charge in [-0.2, -0.15) is 5.10 Å². The molecular formula is C11H13N3O4. The molecule has 0 amide bonds. The van der Waals surface area contributed by atoms with E-state index in [0.717, 1.165) is 0 Å². The van der Waals surface area contributed by atoms with E-state index in [9.17, 15) is 9.90 Å². The lowest BCUT2D eigenvalue weighted by molar-refractivity contribution is -0.0137. The molecule has 7 nitrogen and oxygen atoms in total. The van der Waals surface area contributed by atoms with E-state index in [4.69, 9.17) is 9.84 Å². The van der Waals surface area contributed by atoms with Gasteiger partial charge in [-0.05, 0) is 12.1 Å². The van der Waals surface area contributed by atoms with Gasteiger partial charge in [-0.15, -0.1) is 0 Å². The fourth-order valence-corrected chi connectivity index (χ4v) is 2.31. The normalized spacial score (nSPS) is 28.0. The standard InChI is InChI=1S/C11H13N3O4/c15-4-6-3-9(16)10(18-6)7-1-2-8-11(17)12-5-13-14(7)8/h1-2,5-6,9-10,15-16H,3-4H2,(H,12,13,17)/t6-,9+,10-/m0/s1. The van der Waals surface area contributed by atoms with Crippen LogP contribution in [0.2, 0.25) is 0 Å². The van der Waals surface area contributed by atoms with Gasteiger partial charge in [-0.3, -0.25) is 4.79 Å². The molecular weight excluding hydrogens is 238 g/mol. The number of nitrogens with zero attached hydrogens (tertiary/aromatic N) is 2. The first-order valence-electron chi connectivity index (χ1n) is 5.70. The molecule has 1 aliphatic heterocycles. The van der Waals surface area contributed by atoms with Gasteiger partial charge in [0, 0.05) is 6.42 Å². The number of aliphatic hydroxyl groups excluding tert-OH is 2. The zero-order valence-corrected chi connectivity index (χ0v) is 9.48. The lowest BCUT2D eigenvalue weighted by Gasteiger charge is -2.13. The van der Waals surface area contributed by atoms with E-state index in [1.807, 2.05) is 0 Å². The number of rotatable bonds is 2. The van der Waals surface area contributed by atoms with E-state index in [1.165, 1.54) is 10.8 Å². The highest BCUT2D eigenvalue weighted by Crippen LogP contribution is 2.33. The number of aromatic nitrogens is 3. The van der Waals surface area contributed by atoms with Crippen molar-refractivity contribution in [1.82, 2.24) is 14.6 Å². The molecule has 3 N–H and O–H groups in total. The minimum atomic E-state index is -0.707. The van der Waals surface area contributed by atoms with Crippen LogP contribution in [0.4, 0.5) is 0 Å². The predicted molar refractivity (Wildman–Crippen MR) is 61.1 cm³/mol. The Hall–Kier alpha value is -1.70. The van der Waals surface area contributed by atoms with Gasteiger partial charge >= 0.3 is 0 Å². The number of hydrogen-bond acceptors (Lipinski definition) is 5. The summed E-state index contributed by atoms with van der Waals surface area (Å²) in [5.41, 5.74) is 0.762. The molecule has 0 radical (unpaired) electrons. The summed E-state index contributed by atoms with van der Waals surface area (Å²) >= 11 is 0. The molecule has 96 valence electrons. The fraction of sp³-hybridized carbons (Fsp3) is 0.455. The number of hydrogen-bond donors (Lipinski definition) is 3. The van der Waals surface area contributed by atoms with E-state index >= 15 is 0 Å². The lowest BCUT2D eigenvalue weighted by atomic mass is 10.1. The van der Waals surface area contributed by atoms with Crippen LogP contribution in [0.3, 0.4) is 0 Å². The van der Waals surface area contributed by atoms with Crippen molar-refractivity contribution in [2.75, 3.05) is 6.61 Å². The van der Waals surface area contributed by atoms with E-state index in [-0.39, 0.29) is 18.3 Å². The molecule has 2 aromatic rings. The molecule has 1 fully saturated rings. The van der Waals surface area contributed by atoms with Crippen molar-refractivity contribution >= 4 is 5.52 Å². The Balaban J connectivity index is 2.05. The topological polar surface area (TPSA) is 99.9 Å². The molecule has 0 unspecified atom stereocenters. The van der Waals surface area contributed by atoms with Crippen LogP contribution in [0.1, 0.15) is 18.2 Å². The van der Waals surface area contributed by atoms with E-state index in [2.05, 4.69) is 10.1 Å². The molecule has 18 heavy (non-hydrogen) atoms. The maximum Gasteiger partial charge on any atom is 0.275 e. The van der Waals surface area contributed by atoms with Crippen LogP contribution in [0.5, 0.6) is 0 Å². The molecule has 0 aromatic carbocycles. The average molecular weight is 251 g/mol. The number of ether oxygens (including phenoxy) is 1. The van der Waals surface area contributed by atoms with E-state index in [0.29, 0.717) is 17.6 Å². The SMILES string of the molecule is O=c1[nH]cnn2c([C@@H]3O[C@H](CO)C[C@H]3O)ccc12. The second-order valence-corrected chi connectivity index (χ2v) is 4.34. The van der Waals surface area contributed by atoms with Gasteiger partial charge in [0.1, 0.15) is 17.9 Å². The molecule has 3 atom stereocenters. The van der Waals surface area contributed by atoms with E-state index < -0.39 is 12.2 Å². The maximum absolute atomic E-state index is 11.5. The molecule has 3 rings (SSSR count). The second kappa shape index (κ2) is 4.20. The van der Waals surface area contributed by atoms with Crippen LogP contribution < -0.4 is 5.56 Å². The summed E-state index contributed by atoms with van der Waals surface area (Å²) in [6, 6.07) is 3.33. The summed E-state index contributed by atoms with van der Waals surface area (Å²) in [5.74, 6) is 0. The van der Waals surface area contributed by atoms with Gasteiger partial charge in [0.05, 0.1) is 24.5 Å². The van der Waals surface area contributed by atoms with Crippen molar-refractivity contribution in [2.24, 2.45) is 0 Å². The smallest absolute Gasteiger partial charge is 0.275 e. The highest BCUT2D eigenvalue weighted by Gasteiger charge is 2.36. The van der Waals surface area contributed by atoms with Crippen LogP contribution in [0.15, 0.2) is 23.3 Å². The summed E-state index contributed by atoms with van der Waals surface area (Å²) < 4.78 is 6.99. The van der Waals surface area contributed by atoms with Crippen molar-refractivity contribution in [3.8, 4) is 0 Å². The highest BCUT2D eigenvalue weighted by molar-refractivity contribution is 5.46. The Morgan fingerprint density at radius 3 is 3.11 bits per heavy atom. The number of aromatic amines is 1. The summed E-state index contributed by atoms with van der Waals surface area (Å²) in [7, 11) is 0. The third-order valence-electron chi connectivity index (χ3n) is 3.17. The first kappa shape index (κ1) is 11.4. The molecule has 0 bridgehead atoms. The monoisotopic (exact) mass is 251 g/mol. The molecule has 2 aromatic heterocycles. The quantitative estimate of drug-likeness (QED) is 0.649. The second-order valence-electron chi connectivity index (χ2n) is 4.34. The molecule has 3 heterocycles. The summed E-state index contributed by atoms with van der Waals surface area (Å²) in [5, 5.41) is 23.0. The molecule has 7 heteroatoms. The molecule has 0 aliphatic carbocycles. The summed E-state index contributed by atoms with van der Waals surface area (Å²) in [6.45, 7) is -0.134. The van der Waals surface area contributed by atoms with Crippen molar-refractivity contribution in [3.63, 3.8) is 0 Å². The largest absolute Gasteiger partial charge is 0.394 e. The average Bonchev–Trinajstić information content (AvgIpc) is 2.93. The third kappa shape index (κ3) is 1.64. The van der Waals surface area contributed by atoms with Crippen molar-refractivity contribution in [2.45, 2.75) is 24.7 Å². The first-order chi connectivity index (χ1) is 8.70. The van der Waals surface area contributed by atoms with Crippen LogP contribution in [-0.4, -0.2) is 43.6 Å². The third-order valence-corrected chi connectivity index (χ3v) is 3.17. The van der Waals surface area contributed by atoms with Crippen LogP contribution in [-0.2, 0) is 4.74 Å². The number of nitrogens with one attached hydrogen (secondary N) is 1. The molecule has 0 saturated carbocycles. The zero-order valence-electron chi connectivity index (χ0n) is 9.48. The van der Waals surface area contributed by atoms with Crippen molar-refractivity contribution in [1.29, 1.82) is 0 Å². The fourth-order valence-electron chi connectivity index (χ4n) is 2.31. The maximum atomic E-state index is 11.5. The van der Waals surface area contributed by atoms with Gasteiger partial charge in [0.2, 0.25) is 0 Å². The van der Waals surface area contributed by atoms with Crippen LogP contribution in [0, 0.1) is 0 Å². The Morgan fingerprint density at radius 1 is 1.56 bits per heavy atom. The lowest BCUT2D eigenvalue weighted by Crippen LogP contribution is -2.17. The van der Waals surface area contributed by atoms with Crippen LogP contribution in [0.25, 0.3) is 5.52 Å². The minimum absolute atomic E-state index is 0.134. The summed E-state index contributed by atoms with van der Waals surface area (Å²) in [4.78, 5) is 14.0. The van der Waals surface area contributed by atoms with Crippen LogP contribution >= 0.6 is 0 Å². The van der Waals surface area contributed by atoms with Crippen molar-refractivity contribution < 1.29 is 14.9 Å². The predicted octanol–water partition coefficient (Wildman–Crippen LogP) is -0.794. The Labute approximate surface area is 102 Å². The van der Waals surface area contributed by atoms with E-state index in [1.54, 1.807) is 12.1 Å². The van der Waals surface area contributed by atoms with Gasteiger partial charge in [0.15, 0.2) is 0 Å². The number of fused-ring (bicyclic) bond motifs is 1. The van der Waals surface area contributed by atoms with Gasteiger partial charge in [-0.1, -0.05) is 0 Å². The van der Waals surface area contributed by atoms with Gasteiger partial charge in [-0.25, -0.2) is 4.52 Å². The van der Waals surface area contributed by atoms with Gasteiger partial charge in [0.25, 0.3) is 5.56 Å². The Morgan fingerprint density at radius 2 is 2.39 bits per heavy atom. The number of aliphatic hydroxyl groups is 2. The number of H-pyrrole nitrogens is 1. The Bertz CT molecular complexity index is 620.